The second kappa shape index (κ2) is 7.09. The number of nitro groups is 1. The van der Waals surface area contributed by atoms with Crippen LogP contribution in [0.4, 0.5) is 17.1 Å². The van der Waals surface area contributed by atoms with Crippen LogP contribution >= 0.6 is 0 Å². The topological polar surface area (TPSA) is 87.4 Å². The lowest BCUT2D eigenvalue weighted by molar-refractivity contribution is -0.383. The Bertz CT molecular complexity index is 461. The highest BCUT2D eigenvalue weighted by atomic mass is 16.6. The molecule has 0 amide bonds. The van der Waals surface area contributed by atoms with E-state index in [4.69, 9.17) is 5.11 Å². The van der Waals surface area contributed by atoms with Gasteiger partial charge < -0.3 is 15.7 Å². The van der Waals surface area contributed by atoms with Crippen molar-refractivity contribution in [2.75, 3.05) is 30.8 Å². The lowest BCUT2D eigenvalue weighted by atomic mass is 9.88. The first kappa shape index (κ1) is 16.2. The third-order valence-electron chi connectivity index (χ3n) is 3.26. The molecular formula is C14H23N3O3. The number of nitrogens with one attached hydrogen (secondary N) is 2. The van der Waals surface area contributed by atoms with Gasteiger partial charge in [0.1, 0.15) is 11.4 Å². The van der Waals surface area contributed by atoms with E-state index in [1.807, 2.05) is 0 Å². The Hall–Kier alpha value is -1.82. The number of nitrogens with zero attached hydrogens (tertiary/aromatic N) is 1. The van der Waals surface area contributed by atoms with Crippen LogP contribution in [-0.4, -0.2) is 30.2 Å². The van der Waals surface area contributed by atoms with E-state index >= 15 is 0 Å². The molecule has 0 aromatic heterocycles. The zero-order chi connectivity index (χ0) is 15.2. The van der Waals surface area contributed by atoms with Crippen LogP contribution in [0.25, 0.3) is 0 Å². The molecule has 6 nitrogen and oxygen atoms in total. The summed E-state index contributed by atoms with van der Waals surface area (Å²) in [6.45, 7) is 4.92. The molecule has 1 aromatic rings. The fraction of sp³-hybridized carbons (Fsp3) is 0.571. The van der Waals surface area contributed by atoms with Gasteiger partial charge >= 0.3 is 5.69 Å². The summed E-state index contributed by atoms with van der Waals surface area (Å²) in [6, 6.07) is 5.17. The van der Waals surface area contributed by atoms with Crippen LogP contribution in [0.5, 0.6) is 0 Å². The quantitative estimate of drug-likeness (QED) is 0.504. The van der Waals surface area contributed by atoms with Gasteiger partial charge in [-0.25, -0.2) is 0 Å². The van der Waals surface area contributed by atoms with E-state index < -0.39 is 0 Å². The molecule has 0 heterocycles. The van der Waals surface area contributed by atoms with Crippen molar-refractivity contribution in [1.29, 1.82) is 0 Å². The van der Waals surface area contributed by atoms with Crippen molar-refractivity contribution in [3.63, 3.8) is 0 Å². The molecule has 112 valence electrons. The van der Waals surface area contributed by atoms with E-state index in [2.05, 4.69) is 24.5 Å². The first-order valence-electron chi connectivity index (χ1n) is 6.71. The van der Waals surface area contributed by atoms with Gasteiger partial charge in [-0.15, -0.1) is 0 Å². The lowest BCUT2D eigenvalue weighted by Crippen LogP contribution is -2.23. The average molecular weight is 281 g/mol. The fourth-order valence-corrected chi connectivity index (χ4v) is 2.07. The molecule has 3 N–H and O–H groups in total. The van der Waals surface area contributed by atoms with Gasteiger partial charge in [-0.2, -0.15) is 0 Å². The molecule has 0 bridgehead atoms. The molecule has 20 heavy (non-hydrogen) atoms. The number of rotatable bonds is 8. The summed E-state index contributed by atoms with van der Waals surface area (Å²) < 4.78 is 0. The fourth-order valence-electron chi connectivity index (χ4n) is 2.07. The van der Waals surface area contributed by atoms with E-state index in [0.717, 1.165) is 12.8 Å². The largest absolute Gasteiger partial charge is 0.396 e. The van der Waals surface area contributed by atoms with Crippen LogP contribution < -0.4 is 10.6 Å². The van der Waals surface area contributed by atoms with E-state index in [0.29, 0.717) is 17.9 Å². The minimum atomic E-state index is -0.380. The highest BCUT2D eigenvalue weighted by Gasteiger charge is 2.22. The Morgan fingerprint density at radius 2 is 2.00 bits per heavy atom. The van der Waals surface area contributed by atoms with Crippen LogP contribution in [0.2, 0.25) is 0 Å². The molecular weight excluding hydrogens is 258 g/mol. The van der Waals surface area contributed by atoms with Crippen molar-refractivity contribution < 1.29 is 10.0 Å². The number of para-hydroxylation sites is 1. The summed E-state index contributed by atoms with van der Waals surface area (Å²) in [5.74, 6) is 0. The maximum absolute atomic E-state index is 11.2. The summed E-state index contributed by atoms with van der Waals surface area (Å²) in [5, 5.41) is 26.1. The molecule has 0 atom stereocenters. The van der Waals surface area contributed by atoms with Gasteiger partial charge in [0.15, 0.2) is 0 Å². The summed E-state index contributed by atoms with van der Waals surface area (Å²) in [7, 11) is 1.66. The van der Waals surface area contributed by atoms with Gasteiger partial charge in [-0.05, 0) is 30.4 Å². The number of aliphatic hydroxyl groups is 1. The van der Waals surface area contributed by atoms with Gasteiger partial charge in [-0.3, -0.25) is 10.1 Å². The Morgan fingerprint density at radius 3 is 2.55 bits per heavy atom. The third kappa shape index (κ3) is 4.38. The van der Waals surface area contributed by atoms with Crippen molar-refractivity contribution in [2.24, 2.45) is 5.41 Å². The molecule has 0 fully saturated rings. The van der Waals surface area contributed by atoms with Gasteiger partial charge in [0.2, 0.25) is 0 Å². The lowest BCUT2D eigenvalue weighted by Gasteiger charge is -2.25. The number of anilines is 2. The summed E-state index contributed by atoms with van der Waals surface area (Å²) in [5.41, 5.74) is 1.03. The minimum absolute atomic E-state index is 0.0355. The van der Waals surface area contributed by atoms with E-state index in [-0.39, 0.29) is 22.6 Å². The Kier molecular flexibility index (Phi) is 5.76. The highest BCUT2D eigenvalue weighted by Crippen LogP contribution is 2.33. The number of nitro benzene ring substituents is 1. The highest BCUT2D eigenvalue weighted by molar-refractivity contribution is 5.76. The standard InChI is InChI=1S/C14H23N3O3/c1-14(2,8-5-9-18)10-16-12-7-4-6-11(15-3)13(12)17(19)20/h4,6-7,15-16,18H,5,8-10H2,1-3H3. The van der Waals surface area contributed by atoms with Crippen molar-refractivity contribution >= 4 is 17.1 Å². The molecule has 0 aliphatic carbocycles. The molecule has 1 rings (SSSR count). The molecule has 1 aromatic carbocycles. The monoisotopic (exact) mass is 281 g/mol. The van der Waals surface area contributed by atoms with Gasteiger partial charge in [0, 0.05) is 20.2 Å². The first-order valence-corrected chi connectivity index (χ1v) is 6.71. The van der Waals surface area contributed by atoms with Crippen LogP contribution in [0.3, 0.4) is 0 Å². The average Bonchev–Trinajstić information content (AvgIpc) is 2.42. The third-order valence-corrected chi connectivity index (χ3v) is 3.26. The molecule has 0 unspecified atom stereocenters. The van der Waals surface area contributed by atoms with Gasteiger partial charge in [0.05, 0.1) is 4.92 Å². The number of hydrogen-bond acceptors (Lipinski definition) is 5. The summed E-state index contributed by atoms with van der Waals surface area (Å²) in [6.07, 6.45) is 1.59. The Morgan fingerprint density at radius 1 is 1.35 bits per heavy atom. The zero-order valence-corrected chi connectivity index (χ0v) is 12.3. The Labute approximate surface area is 119 Å². The maximum atomic E-state index is 11.2. The van der Waals surface area contributed by atoms with Crippen molar-refractivity contribution in [2.45, 2.75) is 26.7 Å². The maximum Gasteiger partial charge on any atom is 0.315 e. The van der Waals surface area contributed by atoms with Crippen molar-refractivity contribution in [3.8, 4) is 0 Å². The predicted octanol–water partition coefficient (Wildman–Crippen LogP) is 2.85. The Balaban J connectivity index is 2.85. The van der Waals surface area contributed by atoms with E-state index in [1.165, 1.54) is 0 Å². The van der Waals surface area contributed by atoms with Crippen molar-refractivity contribution in [1.82, 2.24) is 0 Å². The number of benzene rings is 1. The predicted molar refractivity (Wildman–Crippen MR) is 81.2 cm³/mol. The van der Waals surface area contributed by atoms with E-state index in [1.54, 1.807) is 25.2 Å². The minimum Gasteiger partial charge on any atom is -0.396 e. The molecule has 0 aliphatic rings. The zero-order valence-electron chi connectivity index (χ0n) is 12.3. The molecule has 0 aliphatic heterocycles. The molecule has 0 saturated heterocycles. The van der Waals surface area contributed by atoms with Crippen LogP contribution in [0.1, 0.15) is 26.7 Å². The van der Waals surface area contributed by atoms with Gasteiger partial charge in [0.25, 0.3) is 0 Å². The molecule has 0 spiro atoms. The van der Waals surface area contributed by atoms with Crippen LogP contribution in [-0.2, 0) is 0 Å². The van der Waals surface area contributed by atoms with Gasteiger partial charge in [-0.1, -0.05) is 19.9 Å². The second-order valence-corrected chi connectivity index (χ2v) is 5.55. The van der Waals surface area contributed by atoms with Crippen molar-refractivity contribution in [3.05, 3.63) is 28.3 Å². The summed E-state index contributed by atoms with van der Waals surface area (Å²) in [4.78, 5) is 10.8. The first-order chi connectivity index (χ1) is 9.41. The summed E-state index contributed by atoms with van der Waals surface area (Å²) >= 11 is 0. The van der Waals surface area contributed by atoms with Crippen LogP contribution in [0, 0.1) is 15.5 Å². The number of hydrogen-bond donors (Lipinski definition) is 3. The number of aliphatic hydroxyl groups excluding tert-OH is 1. The van der Waals surface area contributed by atoms with E-state index in [9.17, 15) is 10.1 Å². The smallest absolute Gasteiger partial charge is 0.315 e. The van der Waals surface area contributed by atoms with Crippen LogP contribution in [0.15, 0.2) is 18.2 Å². The second-order valence-electron chi connectivity index (χ2n) is 5.55. The molecule has 6 heteroatoms. The molecule has 0 radical (unpaired) electrons. The normalized spacial score (nSPS) is 11.2. The SMILES string of the molecule is CNc1cccc(NCC(C)(C)CCCO)c1[N+](=O)[O-]. The molecule has 0 saturated carbocycles.